The maximum Gasteiger partial charge on any atom is 0.306 e. The van der Waals surface area contributed by atoms with Gasteiger partial charge in [0, 0.05) is 37.4 Å². The fourth-order valence-electron chi connectivity index (χ4n) is 5.78. The number of thioether (sulfide) groups is 1. The third-order valence-electron chi connectivity index (χ3n) is 7.95. The highest BCUT2D eigenvalue weighted by atomic mass is 32.2. The van der Waals surface area contributed by atoms with Gasteiger partial charge in [-0.1, -0.05) is 55.9 Å². The lowest BCUT2D eigenvalue weighted by Gasteiger charge is -2.33. The van der Waals surface area contributed by atoms with Crippen LogP contribution in [-0.4, -0.2) is 79.8 Å². The Hall–Kier alpha value is -2.48. The van der Waals surface area contributed by atoms with Crippen molar-refractivity contribution in [1.29, 1.82) is 0 Å². The monoisotopic (exact) mass is 632 g/mol. The predicted molar refractivity (Wildman–Crippen MR) is 162 cm³/mol. The minimum absolute atomic E-state index is 0.00410. The Labute approximate surface area is 257 Å². The highest BCUT2D eigenvalue weighted by Crippen LogP contribution is 2.33. The molecule has 2 fully saturated rings. The molecule has 0 radical (unpaired) electrons. The van der Waals surface area contributed by atoms with Gasteiger partial charge < -0.3 is 23.7 Å². The van der Waals surface area contributed by atoms with Crippen LogP contribution in [-0.2, 0) is 35.4 Å². The summed E-state index contributed by atoms with van der Waals surface area (Å²) >= 11 is 1.33. The predicted octanol–water partition coefficient (Wildman–Crippen LogP) is 4.50. The number of sulfonamides is 1. The second-order valence-electron chi connectivity index (χ2n) is 11.6. The summed E-state index contributed by atoms with van der Waals surface area (Å²) in [4.78, 5) is 17.7. The number of oxazole rings is 1. The van der Waals surface area contributed by atoms with Gasteiger partial charge in [0.1, 0.15) is 11.6 Å². The van der Waals surface area contributed by atoms with E-state index in [1.807, 2.05) is 50.4 Å². The Morgan fingerprint density at radius 2 is 1.86 bits per heavy atom. The van der Waals surface area contributed by atoms with Crippen molar-refractivity contribution in [3.8, 4) is 0 Å². The average Bonchev–Trinajstić information content (AvgIpc) is 3.64. The normalized spacial score (nSPS) is 22.1. The van der Waals surface area contributed by atoms with E-state index < -0.39 is 28.0 Å². The zero-order chi connectivity index (χ0) is 30.6. The molecule has 0 aliphatic carbocycles. The minimum atomic E-state index is -4.01. The molecule has 3 heterocycles. The Morgan fingerprint density at radius 1 is 1.12 bits per heavy atom. The first-order valence-electron chi connectivity index (χ1n) is 14.7. The summed E-state index contributed by atoms with van der Waals surface area (Å²) in [5.74, 6) is -1.01. The van der Waals surface area contributed by atoms with Crippen LogP contribution < -0.4 is 0 Å². The van der Waals surface area contributed by atoms with E-state index in [1.165, 1.54) is 28.2 Å². The molecule has 5 rings (SSSR count). The van der Waals surface area contributed by atoms with Crippen molar-refractivity contribution >= 4 is 38.9 Å². The molecule has 12 heteroatoms. The molecule has 10 nitrogen and oxygen atoms in total. The molecular weight excluding hydrogens is 592 g/mol. The molecule has 43 heavy (non-hydrogen) atoms. The lowest BCUT2D eigenvalue weighted by atomic mass is 9.90. The van der Waals surface area contributed by atoms with E-state index in [9.17, 15) is 18.3 Å². The summed E-state index contributed by atoms with van der Waals surface area (Å²) in [6.45, 7) is 4.89. The minimum Gasteiger partial charge on any atom is -0.462 e. The van der Waals surface area contributed by atoms with Crippen molar-refractivity contribution in [2.24, 2.45) is 17.8 Å². The third-order valence-corrected chi connectivity index (χ3v) is 10.3. The summed E-state index contributed by atoms with van der Waals surface area (Å²) < 4.78 is 52.0. The molecule has 1 unspecified atom stereocenters. The van der Waals surface area contributed by atoms with Crippen molar-refractivity contribution in [1.82, 2.24) is 9.29 Å². The number of hydrogen-bond donors (Lipinski definition) is 1. The van der Waals surface area contributed by atoms with Gasteiger partial charge in [0.05, 0.1) is 30.6 Å². The molecule has 2 aliphatic heterocycles. The average molecular weight is 633 g/mol. The maximum atomic E-state index is 13.9. The molecule has 0 amide bonds. The van der Waals surface area contributed by atoms with Gasteiger partial charge in [0.15, 0.2) is 11.9 Å². The van der Waals surface area contributed by atoms with E-state index in [0.29, 0.717) is 42.4 Å². The van der Waals surface area contributed by atoms with Crippen LogP contribution in [0.4, 0.5) is 0 Å². The van der Waals surface area contributed by atoms with Gasteiger partial charge >= 0.3 is 5.97 Å². The quantitative estimate of drug-likeness (QED) is 0.212. The smallest absolute Gasteiger partial charge is 0.306 e. The number of rotatable bonds is 13. The Kier molecular flexibility index (Phi) is 10.5. The summed E-state index contributed by atoms with van der Waals surface area (Å²) in [7, 11) is -4.01. The second-order valence-corrected chi connectivity index (χ2v) is 14.3. The fourth-order valence-corrected chi connectivity index (χ4v) is 7.78. The van der Waals surface area contributed by atoms with Crippen LogP contribution in [0.3, 0.4) is 0 Å². The van der Waals surface area contributed by atoms with Crippen LogP contribution in [0.25, 0.3) is 11.1 Å². The number of carbonyl (C=O) groups is 1. The molecule has 1 N–H and O–H groups in total. The van der Waals surface area contributed by atoms with Gasteiger partial charge in [0.25, 0.3) is 5.22 Å². The number of ether oxygens (including phenoxy) is 3. The summed E-state index contributed by atoms with van der Waals surface area (Å²) in [6.07, 6.45) is 1.74. The van der Waals surface area contributed by atoms with Gasteiger partial charge in [-0.2, -0.15) is 4.31 Å². The standard InChI is InChI=1S/C31H40N2O8S2/c1-20(2)18-33(43(36,37)23-9-10-25-28(17-23)41-31(32-25)42-3)19-26(34)22(15-21-7-5-4-6-8-21)16-29(35)40-27-12-14-39-30-24(27)11-13-38-30/h4-10,17,20,22,24,26-27,30,34H,11-16,18-19H2,1-3H3/t22-,24?,26-,27+,30-/m1/s1. The SMILES string of the molecule is CSc1nc2ccc(S(=O)(=O)N(CC(C)C)C[C@@H](O)[C@@H](CC(=O)O[C@H]3CCO[C@H]4OCCC43)Cc3ccccc3)cc2o1. The maximum absolute atomic E-state index is 13.9. The number of esters is 1. The molecular formula is C31H40N2O8S2. The van der Waals surface area contributed by atoms with Gasteiger partial charge in [-0.05, 0) is 42.7 Å². The van der Waals surface area contributed by atoms with Crippen LogP contribution in [0.1, 0.15) is 38.7 Å². The van der Waals surface area contributed by atoms with Crippen LogP contribution in [0, 0.1) is 17.8 Å². The molecule has 3 aromatic rings. The Morgan fingerprint density at radius 3 is 2.58 bits per heavy atom. The third kappa shape index (κ3) is 7.79. The number of carbonyl (C=O) groups excluding carboxylic acids is 1. The molecule has 0 spiro atoms. The number of nitrogens with zero attached hydrogens (tertiary/aromatic N) is 2. The number of aliphatic hydroxyl groups is 1. The first-order chi connectivity index (χ1) is 20.6. The number of hydrogen-bond acceptors (Lipinski definition) is 10. The summed E-state index contributed by atoms with van der Waals surface area (Å²) in [5, 5.41) is 12.0. The zero-order valence-electron chi connectivity index (χ0n) is 24.8. The molecule has 0 bridgehead atoms. The van der Waals surface area contributed by atoms with E-state index in [4.69, 9.17) is 18.6 Å². The van der Waals surface area contributed by atoms with E-state index in [2.05, 4.69) is 4.98 Å². The summed E-state index contributed by atoms with van der Waals surface area (Å²) in [5.41, 5.74) is 1.89. The van der Waals surface area contributed by atoms with Crippen molar-refractivity contribution in [3.63, 3.8) is 0 Å². The number of aliphatic hydroxyl groups excluding tert-OH is 1. The van der Waals surface area contributed by atoms with E-state index in [0.717, 1.165) is 12.0 Å². The Bertz CT molecular complexity index is 1480. The molecule has 2 aliphatic rings. The van der Waals surface area contributed by atoms with Gasteiger partial charge in [0.2, 0.25) is 10.0 Å². The molecule has 2 aromatic carbocycles. The van der Waals surface area contributed by atoms with Crippen LogP contribution in [0.2, 0.25) is 0 Å². The number of aromatic nitrogens is 1. The molecule has 5 atom stereocenters. The van der Waals surface area contributed by atoms with Crippen LogP contribution in [0.5, 0.6) is 0 Å². The zero-order valence-corrected chi connectivity index (χ0v) is 26.4. The highest BCUT2D eigenvalue weighted by molar-refractivity contribution is 7.98. The van der Waals surface area contributed by atoms with Gasteiger partial charge in [-0.3, -0.25) is 4.79 Å². The molecule has 0 saturated carbocycles. The molecule has 2 saturated heterocycles. The number of fused-ring (bicyclic) bond motifs is 2. The Balaban J connectivity index is 1.35. The van der Waals surface area contributed by atoms with Gasteiger partial charge in [-0.25, -0.2) is 13.4 Å². The lowest BCUT2D eigenvalue weighted by molar-refractivity contribution is -0.195. The largest absolute Gasteiger partial charge is 0.462 e. The highest BCUT2D eigenvalue weighted by Gasteiger charge is 2.41. The molecule has 1 aromatic heterocycles. The molecule has 234 valence electrons. The van der Waals surface area contributed by atoms with E-state index >= 15 is 0 Å². The van der Waals surface area contributed by atoms with Crippen molar-refractivity contribution in [2.45, 2.75) is 68.1 Å². The number of benzene rings is 2. The van der Waals surface area contributed by atoms with Crippen molar-refractivity contribution in [3.05, 3.63) is 54.1 Å². The topological polar surface area (TPSA) is 128 Å². The van der Waals surface area contributed by atoms with E-state index in [-0.39, 0.29) is 48.6 Å². The van der Waals surface area contributed by atoms with Crippen LogP contribution >= 0.6 is 11.8 Å². The first-order valence-corrected chi connectivity index (χ1v) is 17.4. The van der Waals surface area contributed by atoms with Crippen LogP contribution in [0.15, 0.2) is 63.1 Å². The fraction of sp³-hybridized carbons (Fsp3) is 0.548. The van der Waals surface area contributed by atoms with E-state index in [1.54, 1.807) is 6.07 Å². The summed E-state index contributed by atoms with van der Waals surface area (Å²) in [6, 6.07) is 14.2. The lowest BCUT2D eigenvalue weighted by Crippen LogP contribution is -2.43. The van der Waals surface area contributed by atoms with Crippen molar-refractivity contribution in [2.75, 3.05) is 32.6 Å². The van der Waals surface area contributed by atoms with Crippen molar-refractivity contribution < 1.29 is 36.9 Å². The first kappa shape index (κ1) is 31.9. The second kappa shape index (κ2) is 14.1. The van der Waals surface area contributed by atoms with Gasteiger partial charge in [-0.15, -0.1) is 0 Å².